The summed E-state index contributed by atoms with van der Waals surface area (Å²) in [5.74, 6) is 0.181. The molecule has 0 aromatic carbocycles. The molecule has 2 N–H and O–H groups in total. The van der Waals surface area contributed by atoms with E-state index in [-0.39, 0.29) is 17.4 Å². The van der Waals surface area contributed by atoms with Gasteiger partial charge < -0.3 is 10.1 Å². The maximum atomic E-state index is 11.7. The summed E-state index contributed by atoms with van der Waals surface area (Å²) in [5, 5.41) is 13.5. The molecule has 2 aromatic heterocycles. The van der Waals surface area contributed by atoms with Gasteiger partial charge in [0, 0.05) is 10.9 Å². The van der Waals surface area contributed by atoms with Crippen LogP contribution in [0.5, 0.6) is 5.88 Å². The Morgan fingerprint density at radius 2 is 2.25 bits per heavy atom. The molecular formula is C11H12N2O2S. The molecule has 0 aliphatic rings. The van der Waals surface area contributed by atoms with Crippen LogP contribution >= 0.6 is 11.3 Å². The van der Waals surface area contributed by atoms with Crippen LogP contribution in [0.2, 0.25) is 0 Å². The number of aromatic amines is 1. The van der Waals surface area contributed by atoms with Gasteiger partial charge in [-0.2, -0.15) is 16.3 Å². The number of aromatic hydroxyl groups is 1. The van der Waals surface area contributed by atoms with Crippen molar-refractivity contribution in [2.75, 3.05) is 0 Å². The second kappa shape index (κ2) is 4.09. The average Bonchev–Trinajstić information content (AvgIpc) is 2.67. The minimum Gasteiger partial charge on any atom is -0.493 e. The van der Waals surface area contributed by atoms with Gasteiger partial charge in [0.25, 0.3) is 5.56 Å². The maximum Gasteiger partial charge on any atom is 0.258 e. The Kier molecular flexibility index (Phi) is 2.78. The van der Waals surface area contributed by atoms with Gasteiger partial charge >= 0.3 is 0 Å². The molecule has 0 bridgehead atoms. The minimum atomic E-state index is -0.274. The van der Waals surface area contributed by atoms with Crippen molar-refractivity contribution in [1.82, 2.24) is 9.97 Å². The summed E-state index contributed by atoms with van der Waals surface area (Å²) in [6, 6.07) is 1.84. The molecule has 0 amide bonds. The lowest BCUT2D eigenvalue weighted by Crippen LogP contribution is -2.16. The molecule has 4 nitrogen and oxygen atoms in total. The Morgan fingerprint density at radius 1 is 1.50 bits per heavy atom. The van der Waals surface area contributed by atoms with Gasteiger partial charge in [0.15, 0.2) is 0 Å². The zero-order valence-electron chi connectivity index (χ0n) is 9.02. The SMILES string of the molecule is CC(C)c1c(O)nc(-c2ccsc2)[nH]c1=O. The Balaban J connectivity index is 2.58. The van der Waals surface area contributed by atoms with Crippen LogP contribution < -0.4 is 5.56 Å². The number of aromatic nitrogens is 2. The largest absolute Gasteiger partial charge is 0.493 e. The van der Waals surface area contributed by atoms with E-state index < -0.39 is 0 Å². The number of nitrogens with one attached hydrogen (secondary N) is 1. The molecule has 0 spiro atoms. The molecule has 5 heteroatoms. The number of hydrogen-bond acceptors (Lipinski definition) is 4. The first-order valence-electron chi connectivity index (χ1n) is 4.95. The monoisotopic (exact) mass is 236 g/mol. The van der Waals surface area contributed by atoms with Gasteiger partial charge in [-0.15, -0.1) is 0 Å². The molecule has 0 atom stereocenters. The number of rotatable bonds is 2. The standard InChI is InChI=1S/C11H12N2O2S/c1-6(2)8-10(14)12-9(13-11(8)15)7-3-4-16-5-7/h3-6H,1-2H3,(H2,12,13,14,15). The summed E-state index contributed by atoms with van der Waals surface area (Å²) >= 11 is 1.51. The lowest BCUT2D eigenvalue weighted by molar-refractivity contribution is 0.440. The van der Waals surface area contributed by atoms with E-state index in [9.17, 15) is 9.90 Å². The highest BCUT2D eigenvalue weighted by Crippen LogP contribution is 2.23. The quantitative estimate of drug-likeness (QED) is 0.841. The number of nitrogens with zero attached hydrogens (tertiary/aromatic N) is 1. The lowest BCUT2D eigenvalue weighted by Gasteiger charge is -2.07. The summed E-state index contributed by atoms with van der Waals surface area (Å²) < 4.78 is 0. The van der Waals surface area contributed by atoms with Gasteiger partial charge in [0.1, 0.15) is 5.82 Å². The molecule has 2 rings (SSSR count). The van der Waals surface area contributed by atoms with Crippen LogP contribution in [-0.2, 0) is 0 Å². The molecule has 0 saturated carbocycles. The Hall–Kier alpha value is -1.62. The van der Waals surface area contributed by atoms with Crippen molar-refractivity contribution < 1.29 is 5.11 Å². The highest BCUT2D eigenvalue weighted by atomic mass is 32.1. The molecule has 0 aliphatic heterocycles. The molecule has 0 aliphatic carbocycles. The first kappa shape index (κ1) is 10.9. The van der Waals surface area contributed by atoms with Gasteiger partial charge in [0.05, 0.1) is 5.56 Å². The number of hydrogen-bond donors (Lipinski definition) is 2. The Labute approximate surface area is 96.6 Å². The van der Waals surface area contributed by atoms with E-state index in [1.807, 2.05) is 30.7 Å². The molecule has 0 radical (unpaired) electrons. The van der Waals surface area contributed by atoms with Gasteiger partial charge in [-0.25, -0.2) is 0 Å². The second-order valence-corrected chi connectivity index (χ2v) is 4.60. The highest BCUT2D eigenvalue weighted by molar-refractivity contribution is 7.08. The topological polar surface area (TPSA) is 66.0 Å². The van der Waals surface area contributed by atoms with Crippen molar-refractivity contribution >= 4 is 11.3 Å². The van der Waals surface area contributed by atoms with Crippen LogP contribution in [0.15, 0.2) is 21.6 Å². The van der Waals surface area contributed by atoms with Gasteiger partial charge in [-0.05, 0) is 17.4 Å². The van der Waals surface area contributed by atoms with E-state index in [1.165, 1.54) is 11.3 Å². The predicted molar refractivity (Wildman–Crippen MR) is 63.9 cm³/mol. The van der Waals surface area contributed by atoms with Crippen molar-refractivity contribution in [3.8, 4) is 17.3 Å². The third kappa shape index (κ3) is 1.86. The van der Waals surface area contributed by atoms with Crippen molar-refractivity contribution in [2.24, 2.45) is 0 Å². The number of thiophene rings is 1. The molecule has 0 fully saturated rings. The summed E-state index contributed by atoms with van der Waals surface area (Å²) in [6.07, 6.45) is 0. The Morgan fingerprint density at radius 3 is 2.75 bits per heavy atom. The third-order valence-electron chi connectivity index (χ3n) is 2.31. The summed E-state index contributed by atoms with van der Waals surface area (Å²) in [5.41, 5.74) is 0.871. The van der Waals surface area contributed by atoms with Gasteiger partial charge in [-0.1, -0.05) is 13.8 Å². The van der Waals surface area contributed by atoms with Gasteiger partial charge in [0.2, 0.25) is 5.88 Å². The van der Waals surface area contributed by atoms with Crippen molar-refractivity contribution in [2.45, 2.75) is 19.8 Å². The highest BCUT2D eigenvalue weighted by Gasteiger charge is 2.14. The second-order valence-electron chi connectivity index (χ2n) is 3.82. The summed E-state index contributed by atoms with van der Waals surface area (Å²) in [7, 11) is 0. The molecule has 16 heavy (non-hydrogen) atoms. The number of H-pyrrole nitrogens is 1. The predicted octanol–water partition coefficient (Wildman–Crippen LogP) is 2.33. The fraction of sp³-hybridized carbons (Fsp3) is 0.273. The van der Waals surface area contributed by atoms with Crippen molar-refractivity contribution in [3.63, 3.8) is 0 Å². The van der Waals surface area contributed by atoms with E-state index in [4.69, 9.17) is 0 Å². The van der Waals surface area contributed by atoms with E-state index in [0.717, 1.165) is 5.56 Å². The van der Waals surface area contributed by atoms with Crippen molar-refractivity contribution in [3.05, 3.63) is 32.7 Å². The molecule has 0 saturated heterocycles. The third-order valence-corrected chi connectivity index (χ3v) is 2.99. The van der Waals surface area contributed by atoms with Crippen LogP contribution in [-0.4, -0.2) is 15.1 Å². The summed E-state index contributed by atoms with van der Waals surface area (Å²) in [4.78, 5) is 18.4. The van der Waals surface area contributed by atoms with Crippen LogP contribution in [0.4, 0.5) is 0 Å². The van der Waals surface area contributed by atoms with E-state index in [0.29, 0.717) is 11.4 Å². The molecular weight excluding hydrogens is 224 g/mol. The fourth-order valence-corrected chi connectivity index (χ4v) is 2.17. The van der Waals surface area contributed by atoms with E-state index in [2.05, 4.69) is 9.97 Å². The zero-order valence-corrected chi connectivity index (χ0v) is 9.84. The average molecular weight is 236 g/mol. The summed E-state index contributed by atoms with van der Waals surface area (Å²) in [6.45, 7) is 3.69. The first-order valence-corrected chi connectivity index (χ1v) is 5.89. The van der Waals surface area contributed by atoms with Crippen LogP contribution in [0, 0.1) is 0 Å². The van der Waals surface area contributed by atoms with E-state index in [1.54, 1.807) is 0 Å². The molecule has 0 unspecified atom stereocenters. The molecule has 84 valence electrons. The van der Waals surface area contributed by atoms with Gasteiger partial charge in [-0.3, -0.25) is 4.79 Å². The minimum absolute atomic E-state index is 0.0484. The van der Waals surface area contributed by atoms with Crippen LogP contribution in [0.25, 0.3) is 11.4 Å². The maximum absolute atomic E-state index is 11.7. The van der Waals surface area contributed by atoms with Crippen molar-refractivity contribution in [1.29, 1.82) is 0 Å². The normalized spacial score (nSPS) is 10.9. The van der Waals surface area contributed by atoms with Crippen LogP contribution in [0.1, 0.15) is 25.3 Å². The zero-order chi connectivity index (χ0) is 11.7. The molecule has 2 aromatic rings. The molecule has 2 heterocycles. The van der Waals surface area contributed by atoms with Crippen LogP contribution in [0.3, 0.4) is 0 Å². The Bertz CT molecular complexity index is 544. The fourth-order valence-electron chi connectivity index (χ4n) is 1.53. The first-order chi connectivity index (χ1) is 7.59. The van der Waals surface area contributed by atoms with E-state index >= 15 is 0 Å². The lowest BCUT2D eigenvalue weighted by atomic mass is 10.1. The smallest absolute Gasteiger partial charge is 0.258 e.